The maximum Gasteiger partial charge on any atom is 2.00 e. The average molecular weight is 212 g/mol. The second kappa shape index (κ2) is 7.89. The van der Waals surface area contributed by atoms with Crippen LogP contribution in [0, 0.1) is 0 Å². The standard InChI is InChI=1S/CH4N2O.Ca.H2O3S2/c2-1(3)4;;1-5(2,3)4/h(H4,2,3,4);;(H2,1,2,3,4)/q;+2;/p-2. The van der Waals surface area contributed by atoms with E-state index in [2.05, 4.69) is 23.1 Å². The summed E-state index contributed by atoms with van der Waals surface area (Å²) in [4.78, 5) is 9.00. The van der Waals surface area contributed by atoms with Crippen molar-refractivity contribution in [3.8, 4) is 0 Å². The van der Waals surface area contributed by atoms with Gasteiger partial charge in [-0.05, 0) is 9.15 Å². The van der Waals surface area contributed by atoms with Crippen LogP contribution in [-0.2, 0) is 20.8 Å². The van der Waals surface area contributed by atoms with Crippen LogP contribution in [0.5, 0.6) is 0 Å². The second-order valence-electron chi connectivity index (χ2n) is 0.811. The first-order valence-electron chi connectivity index (χ1n) is 1.45. The topological polar surface area (TPSA) is 126 Å². The quantitative estimate of drug-likeness (QED) is 0.201. The largest absolute Gasteiger partial charge is 2.00 e. The molecule has 0 saturated heterocycles. The van der Waals surface area contributed by atoms with E-state index in [4.69, 9.17) is 17.8 Å². The summed E-state index contributed by atoms with van der Waals surface area (Å²) in [5.41, 5.74) is 8.50. The molecule has 0 aromatic rings. The van der Waals surface area contributed by atoms with Crippen molar-refractivity contribution in [3.63, 3.8) is 0 Å². The van der Waals surface area contributed by atoms with Crippen LogP contribution in [0.25, 0.3) is 0 Å². The van der Waals surface area contributed by atoms with E-state index in [0.29, 0.717) is 0 Å². The van der Waals surface area contributed by atoms with E-state index in [1.807, 2.05) is 0 Å². The van der Waals surface area contributed by atoms with Crippen LogP contribution in [0.1, 0.15) is 0 Å². The molecule has 56 valence electrons. The van der Waals surface area contributed by atoms with Crippen molar-refractivity contribution < 1.29 is 17.8 Å². The summed E-state index contributed by atoms with van der Waals surface area (Å²) in [6, 6.07) is -0.833. The van der Waals surface area contributed by atoms with Gasteiger partial charge in [0.1, 0.15) is 0 Å². The van der Waals surface area contributed by atoms with Gasteiger partial charge in [0.25, 0.3) is 0 Å². The number of nitrogens with two attached hydrogens (primary N) is 2. The molecule has 4 N–H and O–H groups in total. The Hall–Kier alpha value is 0.790. The summed E-state index contributed by atoms with van der Waals surface area (Å²) < 4.78 is 26.7. The fourth-order valence-corrected chi connectivity index (χ4v) is 0. The monoisotopic (exact) mass is 212 g/mol. The van der Waals surface area contributed by atoms with Crippen molar-refractivity contribution in [2.24, 2.45) is 11.5 Å². The van der Waals surface area contributed by atoms with Crippen LogP contribution >= 0.6 is 0 Å². The fourth-order valence-electron chi connectivity index (χ4n) is 0. The van der Waals surface area contributed by atoms with Gasteiger partial charge in [-0.2, -0.15) is 0 Å². The normalized spacial score (nSPS) is 8.20. The number of hydrogen-bond donors (Lipinski definition) is 2. The molecule has 0 spiro atoms. The molecule has 0 aliphatic rings. The predicted molar refractivity (Wildman–Crippen MR) is 36.6 cm³/mol. The Kier molecular flexibility index (Phi) is 13.4. The van der Waals surface area contributed by atoms with Gasteiger partial charge in [0.15, 0.2) is 0 Å². The molecule has 0 atom stereocenters. The molecule has 0 radical (unpaired) electrons. The first-order chi connectivity index (χ1) is 3.73. The molecule has 0 saturated carbocycles. The summed E-state index contributed by atoms with van der Waals surface area (Å²) in [6.07, 6.45) is 0. The number of carbonyl (C=O) groups is 1. The molecule has 0 fully saturated rings. The predicted octanol–water partition coefficient (Wildman–Crippen LogP) is -2.36. The molecule has 0 heterocycles. The number of primary amides is 2. The molecule has 0 aromatic carbocycles. The molecule has 0 unspecified atom stereocenters. The van der Waals surface area contributed by atoms with E-state index in [-0.39, 0.29) is 37.7 Å². The smallest absolute Gasteiger partial charge is 0.768 e. The number of rotatable bonds is 0. The van der Waals surface area contributed by atoms with Gasteiger partial charge in [-0.3, -0.25) is 8.42 Å². The summed E-state index contributed by atoms with van der Waals surface area (Å²) in [5.74, 6) is 0. The molecule has 0 rings (SSSR count). The van der Waals surface area contributed by atoms with E-state index < -0.39 is 15.2 Å². The van der Waals surface area contributed by atoms with E-state index in [1.54, 1.807) is 0 Å². The van der Waals surface area contributed by atoms with Gasteiger partial charge in [0.2, 0.25) is 0 Å². The minimum Gasteiger partial charge on any atom is -0.768 e. The summed E-state index contributed by atoms with van der Waals surface area (Å²) in [5, 5.41) is 0. The van der Waals surface area contributed by atoms with Crippen LogP contribution in [-0.4, -0.2) is 56.7 Å². The fraction of sp³-hybridized carbons (Fsp3) is 0. The van der Waals surface area contributed by atoms with Crippen LogP contribution in [0.15, 0.2) is 0 Å². The second-order valence-corrected chi connectivity index (χ2v) is 2.85. The molecular formula is CH4CaN2O4S2. The first kappa shape index (κ1) is 17.0. The SMILES string of the molecule is NC(N)=O.O=S(=O)([O-])[S-].[Ca+2]. The Labute approximate surface area is 92.9 Å². The van der Waals surface area contributed by atoms with Gasteiger partial charge in [0, 0.05) is 0 Å². The van der Waals surface area contributed by atoms with E-state index in [1.165, 1.54) is 0 Å². The third-order valence-corrected chi connectivity index (χ3v) is 0. The minimum atomic E-state index is -4.33. The third kappa shape index (κ3) is 855. The Morgan fingerprint density at radius 2 is 1.40 bits per heavy atom. The van der Waals surface area contributed by atoms with Crippen molar-refractivity contribution in [1.82, 2.24) is 0 Å². The molecule has 0 bridgehead atoms. The zero-order valence-electron chi connectivity index (χ0n) is 4.81. The maximum atomic E-state index is 9.00. The molecule has 10 heavy (non-hydrogen) atoms. The number of amides is 2. The summed E-state index contributed by atoms with van der Waals surface area (Å²) >= 11 is 3.24. The molecular weight excluding hydrogens is 208 g/mol. The minimum absolute atomic E-state index is 0. The van der Waals surface area contributed by atoms with Crippen LogP contribution in [0.3, 0.4) is 0 Å². The zero-order valence-corrected chi connectivity index (χ0v) is 8.65. The molecule has 6 nitrogen and oxygen atoms in total. The van der Waals surface area contributed by atoms with Crippen LogP contribution in [0.2, 0.25) is 0 Å². The Morgan fingerprint density at radius 3 is 1.40 bits per heavy atom. The maximum absolute atomic E-state index is 9.00. The molecule has 0 aromatic heterocycles. The van der Waals surface area contributed by atoms with E-state index >= 15 is 0 Å². The Balaban J connectivity index is -0.0000000910. The van der Waals surface area contributed by atoms with Gasteiger partial charge in [0.05, 0.1) is 0 Å². The zero-order chi connectivity index (χ0) is 8.08. The van der Waals surface area contributed by atoms with Crippen molar-refractivity contribution >= 4 is 64.6 Å². The van der Waals surface area contributed by atoms with Gasteiger partial charge in [-0.1, -0.05) is 0 Å². The molecule has 0 aliphatic heterocycles. The van der Waals surface area contributed by atoms with Crippen LogP contribution < -0.4 is 11.5 Å². The third-order valence-electron chi connectivity index (χ3n) is 0. The van der Waals surface area contributed by atoms with Gasteiger partial charge in [-0.15, -0.1) is 0 Å². The number of urea groups is 1. The Morgan fingerprint density at radius 1 is 1.40 bits per heavy atom. The van der Waals surface area contributed by atoms with E-state index in [0.717, 1.165) is 0 Å². The van der Waals surface area contributed by atoms with E-state index in [9.17, 15) is 0 Å². The first-order valence-corrected chi connectivity index (χ1v) is 3.78. The van der Waals surface area contributed by atoms with Crippen molar-refractivity contribution in [3.05, 3.63) is 0 Å². The van der Waals surface area contributed by atoms with Crippen molar-refractivity contribution in [2.45, 2.75) is 0 Å². The summed E-state index contributed by atoms with van der Waals surface area (Å²) in [7, 11) is -4.33. The van der Waals surface area contributed by atoms with Gasteiger partial charge < -0.3 is 27.7 Å². The number of carbonyl (C=O) groups excluding carboxylic acids is 1. The van der Waals surface area contributed by atoms with Gasteiger partial charge in [-0.25, -0.2) is 4.79 Å². The van der Waals surface area contributed by atoms with Crippen molar-refractivity contribution in [1.29, 1.82) is 0 Å². The Bertz CT molecular complexity index is 164. The molecule has 0 aliphatic carbocycles. The summed E-state index contributed by atoms with van der Waals surface area (Å²) in [6.45, 7) is 0. The molecule has 9 heteroatoms. The van der Waals surface area contributed by atoms with Crippen LogP contribution in [0.4, 0.5) is 4.79 Å². The molecule has 2 amide bonds. The average Bonchev–Trinajstić information content (AvgIpc) is 1.19. The number of hydrogen-bond acceptors (Lipinski definition) is 5. The van der Waals surface area contributed by atoms with Crippen molar-refractivity contribution in [2.75, 3.05) is 0 Å². The van der Waals surface area contributed by atoms with Gasteiger partial charge >= 0.3 is 43.8 Å².